The minimum absolute atomic E-state index is 0.0802. The fourth-order valence-corrected chi connectivity index (χ4v) is 5.05. The van der Waals surface area contributed by atoms with Gasteiger partial charge in [0.2, 0.25) is 0 Å². The van der Waals surface area contributed by atoms with Crippen LogP contribution >= 0.6 is 0 Å². The zero-order valence-corrected chi connectivity index (χ0v) is 19.3. The summed E-state index contributed by atoms with van der Waals surface area (Å²) in [6.07, 6.45) is 7.42. The number of likely N-dealkylation sites (tertiary alicyclic amines) is 2. The lowest BCUT2D eigenvalue weighted by Gasteiger charge is -2.40. The van der Waals surface area contributed by atoms with Crippen molar-refractivity contribution in [2.45, 2.75) is 51.2 Å². The molecule has 6 nitrogen and oxygen atoms in total. The van der Waals surface area contributed by atoms with E-state index >= 15 is 0 Å². The number of amides is 1. The highest BCUT2D eigenvalue weighted by molar-refractivity contribution is 5.81. The van der Waals surface area contributed by atoms with E-state index in [9.17, 15) is 4.79 Å². The van der Waals surface area contributed by atoms with Gasteiger partial charge in [-0.05, 0) is 82.1 Å². The van der Waals surface area contributed by atoms with E-state index in [0.717, 1.165) is 48.2 Å². The van der Waals surface area contributed by atoms with Gasteiger partial charge in [-0.2, -0.15) is 0 Å². The molecule has 172 valence electrons. The fraction of sp³-hybridized carbons (Fsp3) is 0.444. The molecule has 0 bridgehead atoms. The topological polar surface area (TPSA) is 58.6 Å². The molecule has 0 saturated carbocycles. The van der Waals surface area contributed by atoms with Gasteiger partial charge in [0, 0.05) is 24.7 Å². The maximum atomic E-state index is 13.0. The molecule has 6 heteroatoms. The lowest BCUT2D eigenvalue weighted by Crippen LogP contribution is -2.50. The van der Waals surface area contributed by atoms with E-state index in [1.165, 1.54) is 32.4 Å². The standard InChI is InChI=1S/C27H32N4O2/c1-20(27(32)31-17-13-22(14-18-31)30-15-5-2-6-16-30)33-23-11-9-21(10-12-23)26-19-28-24-7-3-4-8-25(24)29-26/h3-4,7-12,19-20,22H,2,5-6,13-18H2,1H3/t20-/m1/s1. The molecule has 2 aliphatic heterocycles. The van der Waals surface area contributed by atoms with Crippen molar-refractivity contribution in [1.29, 1.82) is 0 Å². The first-order valence-electron chi connectivity index (χ1n) is 12.2. The smallest absolute Gasteiger partial charge is 0.263 e. The minimum Gasteiger partial charge on any atom is -0.481 e. The van der Waals surface area contributed by atoms with Gasteiger partial charge in [-0.15, -0.1) is 0 Å². The highest BCUT2D eigenvalue weighted by Gasteiger charge is 2.30. The lowest BCUT2D eigenvalue weighted by atomic mass is 9.99. The molecule has 2 aliphatic rings. The Morgan fingerprint density at radius 2 is 1.64 bits per heavy atom. The number of hydrogen-bond donors (Lipinski definition) is 0. The average Bonchev–Trinajstić information content (AvgIpc) is 2.89. The lowest BCUT2D eigenvalue weighted by molar-refractivity contribution is -0.139. The van der Waals surface area contributed by atoms with Gasteiger partial charge in [-0.1, -0.05) is 18.6 Å². The van der Waals surface area contributed by atoms with Crippen LogP contribution < -0.4 is 4.74 Å². The first-order chi connectivity index (χ1) is 16.2. The van der Waals surface area contributed by atoms with Gasteiger partial charge in [-0.3, -0.25) is 9.78 Å². The summed E-state index contributed by atoms with van der Waals surface area (Å²) in [5, 5.41) is 0. The molecule has 3 aromatic rings. The Hall–Kier alpha value is -2.99. The summed E-state index contributed by atoms with van der Waals surface area (Å²) in [6.45, 7) is 5.94. The second-order valence-corrected chi connectivity index (χ2v) is 9.18. The van der Waals surface area contributed by atoms with Gasteiger partial charge in [0.05, 0.1) is 22.9 Å². The van der Waals surface area contributed by atoms with Crippen molar-refractivity contribution >= 4 is 16.9 Å². The van der Waals surface area contributed by atoms with Gasteiger partial charge >= 0.3 is 0 Å². The fourth-order valence-electron chi connectivity index (χ4n) is 5.05. The number of carbonyl (C=O) groups excluding carboxylic acids is 1. The molecule has 3 heterocycles. The van der Waals surface area contributed by atoms with Crippen molar-refractivity contribution in [3.05, 3.63) is 54.7 Å². The third-order valence-corrected chi connectivity index (χ3v) is 6.94. The first-order valence-corrected chi connectivity index (χ1v) is 12.2. The number of para-hydroxylation sites is 2. The second kappa shape index (κ2) is 9.87. The number of hydrogen-bond acceptors (Lipinski definition) is 5. The Morgan fingerprint density at radius 1 is 0.939 bits per heavy atom. The van der Waals surface area contributed by atoms with E-state index in [1.807, 2.05) is 60.4 Å². The molecule has 1 amide bonds. The normalized spacial score (nSPS) is 18.9. The highest BCUT2D eigenvalue weighted by atomic mass is 16.5. The number of piperidine rings is 2. The van der Waals surface area contributed by atoms with Gasteiger partial charge in [0.25, 0.3) is 5.91 Å². The molecule has 5 rings (SSSR count). The Morgan fingerprint density at radius 3 is 2.36 bits per heavy atom. The molecule has 0 N–H and O–H groups in total. The van der Waals surface area contributed by atoms with Crippen LogP contribution in [0.2, 0.25) is 0 Å². The molecular formula is C27H32N4O2. The van der Waals surface area contributed by atoms with Crippen LogP contribution in [-0.4, -0.2) is 64.0 Å². The molecule has 0 spiro atoms. The number of aromatic nitrogens is 2. The molecule has 0 aliphatic carbocycles. The summed E-state index contributed by atoms with van der Waals surface area (Å²) in [7, 11) is 0. The van der Waals surface area contributed by atoms with Crippen LogP contribution in [0.25, 0.3) is 22.3 Å². The second-order valence-electron chi connectivity index (χ2n) is 9.18. The van der Waals surface area contributed by atoms with Crippen molar-refractivity contribution in [1.82, 2.24) is 19.8 Å². The molecule has 2 saturated heterocycles. The summed E-state index contributed by atoms with van der Waals surface area (Å²) < 4.78 is 6.00. The molecule has 1 aromatic heterocycles. The van der Waals surface area contributed by atoms with Crippen LogP contribution in [0.3, 0.4) is 0 Å². The van der Waals surface area contributed by atoms with E-state index in [1.54, 1.807) is 6.20 Å². The van der Waals surface area contributed by atoms with Gasteiger partial charge in [0.1, 0.15) is 5.75 Å². The molecule has 2 fully saturated rings. The molecule has 2 aromatic carbocycles. The third kappa shape index (κ3) is 5.01. The van der Waals surface area contributed by atoms with Crippen molar-refractivity contribution in [2.75, 3.05) is 26.2 Å². The summed E-state index contributed by atoms with van der Waals surface area (Å²) in [6, 6.07) is 16.2. The third-order valence-electron chi connectivity index (χ3n) is 6.94. The van der Waals surface area contributed by atoms with E-state index in [2.05, 4.69) is 9.88 Å². The number of ether oxygens (including phenoxy) is 1. The molecule has 1 atom stereocenters. The number of nitrogens with zero attached hydrogens (tertiary/aromatic N) is 4. The molecule has 33 heavy (non-hydrogen) atoms. The first kappa shape index (κ1) is 21.8. The number of rotatable bonds is 5. The van der Waals surface area contributed by atoms with Crippen LogP contribution in [0.1, 0.15) is 39.0 Å². The molecule has 0 unspecified atom stereocenters. The SMILES string of the molecule is C[C@@H](Oc1ccc(-c2cnc3ccccc3n2)cc1)C(=O)N1CCC(N2CCCCC2)CC1. The Bertz CT molecular complexity index is 1090. The summed E-state index contributed by atoms with van der Waals surface area (Å²) in [5.74, 6) is 0.771. The Labute approximate surface area is 195 Å². The largest absolute Gasteiger partial charge is 0.481 e. The Kier molecular flexibility index (Phi) is 6.53. The molecular weight excluding hydrogens is 412 g/mol. The van der Waals surface area contributed by atoms with E-state index in [-0.39, 0.29) is 5.91 Å². The predicted octanol–water partition coefficient (Wildman–Crippen LogP) is 4.54. The monoisotopic (exact) mass is 444 g/mol. The maximum Gasteiger partial charge on any atom is 0.263 e. The molecule has 0 radical (unpaired) electrons. The minimum atomic E-state index is -0.497. The Balaban J connectivity index is 1.16. The predicted molar refractivity (Wildman–Crippen MR) is 130 cm³/mol. The van der Waals surface area contributed by atoms with Crippen LogP contribution in [0, 0.1) is 0 Å². The van der Waals surface area contributed by atoms with Crippen LogP contribution in [0.5, 0.6) is 5.75 Å². The summed E-state index contributed by atoms with van der Waals surface area (Å²) in [4.78, 5) is 26.8. The van der Waals surface area contributed by atoms with Gasteiger partial charge in [-0.25, -0.2) is 4.98 Å². The van der Waals surface area contributed by atoms with Crippen molar-refractivity contribution in [2.24, 2.45) is 0 Å². The van der Waals surface area contributed by atoms with Crippen LogP contribution in [-0.2, 0) is 4.79 Å². The van der Waals surface area contributed by atoms with Crippen LogP contribution in [0.4, 0.5) is 0 Å². The maximum absolute atomic E-state index is 13.0. The highest BCUT2D eigenvalue weighted by Crippen LogP contribution is 2.24. The van der Waals surface area contributed by atoms with Gasteiger partial charge < -0.3 is 14.5 Å². The van der Waals surface area contributed by atoms with E-state index in [4.69, 9.17) is 9.72 Å². The van der Waals surface area contributed by atoms with Crippen molar-refractivity contribution < 1.29 is 9.53 Å². The summed E-state index contributed by atoms with van der Waals surface area (Å²) in [5.41, 5.74) is 3.55. The zero-order chi connectivity index (χ0) is 22.6. The van der Waals surface area contributed by atoms with E-state index in [0.29, 0.717) is 11.8 Å². The van der Waals surface area contributed by atoms with Gasteiger partial charge in [0.15, 0.2) is 6.10 Å². The average molecular weight is 445 g/mol. The number of fused-ring (bicyclic) bond motifs is 1. The van der Waals surface area contributed by atoms with Crippen molar-refractivity contribution in [3.63, 3.8) is 0 Å². The quantitative estimate of drug-likeness (QED) is 0.578. The van der Waals surface area contributed by atoms with E-state index < -0.39 is 6.10 Å². The van der Waals surface area contributed by atoms with Crippen LogP contribution in [0.15, 0.2) is 54.7 Å². The number of carbonyl (C=O) groups is 1. The number of benzene rings is 2. The summed E-state index contributed by atoms with van der Waals surface area (Å²) >= 11 is 0. The van der Waals surface area contributed by atoms with Crippen molar-refractivity contribution in [3.8, 4) is 17.0 Å². The zero-order valence-electron chi connectivity index (χ0n) is 19.3.